The van der Waals surface area contributed by atoms with Gasteiger partial charge in [0.25, 0.3) is 0 Å². The second-order valence-electron chi connectivity index (χ2n) is 4.99. The summed E-state index contributed by atoms with van der Waals surface area (Å²) in [6.45, 7) is 1.64. The molecule has 110 valence electrons. The van der Waals surface area contributed by atoms with Crippen LogP contribution in [0.4, 0.5) is 4.79 Å². The highest BCUT2D eigenvalue weighted by Crippen LogP contribution is 2.12. The molecule has 0 spiro atoms. The van der Waals surface area contributed by atoms with Crippen LogP contribution in [0.25, 0.3) is 0 Å². The molecule has 1 saturated heterocycles. The van der Waals surface area contributed by atoms with E-state index in [2.05, 4.69) is 10.2 Å². The van der Waals surface area contributed by atoms with Gasteiger partial charge in [-0.05, 0) is 20.5 Å². The first kappa shape index (κ1) is 15.7. The van der Waals surface area contributed by atoms with Crippen LogP contribution < -0.4 is 5.32 Å². The molecule has 0 aromatic heterocycles. The third-order valence-electron chi connectivity index (χ3n) is 3.40. The Morgan fingerprint density at radius 1 is 1.53 bits per heavy atom. The molecule has 7 heteroatoms. The highest BCUT2D eigenvalue weighted by atomic mass is 16.5. The SMILES string of the molecule is COC(CNC(=O)N1CCC(N(C)C)C1)CC(=O)O. The third-order valence-corrected chi connectivity index (χ3v) is 3.40. The van der Waals surface area contributed by atoms with Crippen molar-refractivity contribution in [2.24, 2.45) is 0 Å². The zero-order valence-electron chi connectivity index (χ0n) is 11.8. The number of hydrogen-bond acceptors (Lipinski definition) is 4. The normalized spacial score (nSPS) is 20.6. The van der Waals surface area contributed by atoms with Gasteiger partial charge in [0.2, 0.25) is 0 Å². The van der Waals surface area contributed by atoms with Crippen molar-refractivity contribution in [3.05, 3.63) is 0 Å². The second kappa shape index (κ2) is 7.30. The number of carboxylic acids is 1. The van der Waals surface area contributed by atoms with E-state index in [9.17, 15) is 9.59 Å². The van der Waals surface area contributed by atoms with Gasteiger partial charge >= 0.3 is 12.0 Å². The molecule has 0 bridgehead atoms. The largest absolute Gasteiger partial charge is 0.481 e. The number of likely N-dealkylation sites (tertiary alicyclic amines) is 1. The van der Waals surface area contributed by atoms with Crippen molar-refractivity contribution in [3.63, 3.8) is 0 Å². The summed E-state index contributed by atoms with van der Waals surface area (Å²) in [6.07, 6.45) is 0.356. The van der Waals surface area contributed by atoms with E-state index in [-0.39, 0.29) is 19.0 Å². The first-order chi connectivity index (χ1) is 8.93. The number of likely N-dealkylation sites (N-methyl/N-ethyl adjacent to an activating group) is 1. The lowest BCUT2D eigenvalue weighted by atomic mass is 10.2. The van der Waals surface area contributed by atoms with Gasteiger partial charge < -0.3 is 25.0 Å². The lowest BCUT2D eigenvalue weighted by Crippen LogP contribution is -2.43. The molecule has 0 aromatic rings. The molecule has 19 heavy (non-hydrogen) atoms. The van der Waals surface area contributed by atoms with E-state index in [4.69, 9.17) is 9.84 Å². The molecule has 2 unspecified atom stereocenters. The highest BCUT2D eigenvalue weighted by molar-refractivity contribution is 5.74. The van der Waals surface area contributed by atoms with Crippen LogP contribution in [0.5, 0.6) is 0 Å². The number of aliphatic carboxylic acids is 1. The van der Waals surface area contributed by atoms with E-state index in [1.165, 1.54) is 7.11 Å². The zero-order valence-corrected chi connectivity index (χ0v) is 11.8. The number of nitrogens with zero attached hydrogens (tertiary/aromatic N) is 2. The number of carbonyl (C=O) groups is 2. The molecule has 0 aromatic carbocycles. The van der Waals surface area contributed by atoms with Crippen LogP contribution in [0, 0.1) is 0 Å². The van der Waals surface area contributed by atoms with Crippen LogP contribution in [-0.4, -0.2) is 79.9 Å². The summed E-state index contributed by atoms with van der Waals surface area (Å²) >= 11 is 0. The molecule has 1 fully saturated rings. The summed E-state index contributed by atoms with van der Waals surface area (Å²) in [6, 6.07) is 0.236. The zero-order chi connectivity index (χ0) is 14.4. The molecule has 7 nitrogen and oxygen atoms in total. The van der Waals surface area contributed by atoms with Crippen LogP contribution >= 0.6 is 0 Å². The summed E-state index contributed by atoms with van der Waals surface area (Å²) < 4.78 is 5.01. The molecule has 2 atom stereocenters. The number of urea groups is 1. The van der Waals surface area contributed by atoms with Crippen LogP contribution in [-0.2, 0) is 9.53 Å². The van der Waals surface area contributed by atoms with Gasteiger partial charge in [0.05, 0.1) is 12.5 Å². The molecular weight excluding hydrogens is 250 g/mol. The number of nitrogens with one attached hydrogen (secondary N) is 1. The van der Waals surface area contributed by atoms with Crippen LogP contribution in [0.3, 0.4) is 0 Å². The van der Waals surface area contributed by atoms with Gasteiger partial charge in [-0.15, -0.1) is 0 Å². The molecule has 1 rings (SSSR count). The number of methoxy groups -OCH3 is 1. The maximum Gasteiger partial charge on any atom is 0.317 e. The predicted octanol–water partition coefficient (Wildman–Crippen LogP) is -0.178. The van der Waals surface area contributed by atoms with Gasteiger partial charge in [0.1, 0.15) is 0 Å². The third kappa shape index (κ3) is 5.04. The average molecular weight is 273 g/mol. The standard InChI is InChI=1S/C12H23N3O4/c1-14(2)9-4-5-15(8-9)12(18)13-7-10(19-3)6-11(16)17/h9-10H,4-8H2,1-3H3,(H,13,18)(H,16,17). The lowest BCUT2D eigenvalue weighted by Gasteiger charge is -2.22. The van der Waals surface area contributed by atoms with Gasteiger partial charge in [-0.2, -0.15) is 0 Å². The first-order valence-corrected chi connectivity index (χ1v) is 6.37. The minimum atomic E-state index is -0.935. The van der Waals surface area contributed by atoms with Gasteiger partial charge in [-0.25, -0.2) is 4.79 Å². The summed E-state index contributed by atoms with van der Waals surface area (Å²) in [5.74, 6) is -0.935. The highest BCUT2D eigenvalue weighted by Gasteiger charge is 2.27. The van der Waals surface area contributed by atoms with Crippen molar-refractivity contribution in [3.8, 4) is 0 Å². The Morgan fingerprint density at radius 2 is 2.21 bits per heavy atom. The Morgan fingerprint density at radius 3 is 2.68 bits per heavy atom. The molecule has 1 aliphatic rings. The van der Waals surface area contributed by atoms with Crippen molar-refractivity contribution in [1.29, 1.82) is 0 Å². The van der Waals surface area contributed by atoms with Gasteiger partial charge in [0.15, 0.2) is 0 Å². The monoisotopic (exact) mass is 273 g/mol. The summed E-state index contributed by atoms with van der Waals surface area (Å²) in [4.78, 5) is 26.3. The van der Waals surface area contributed by atoms with Crippen LogP contribution in [0.2, 0.25) is 0 Å². The fraction of sp³-hybridized carbons (Fsp3) is 0.833. The maximum atomic E-state index is 11.9. The summed E-state index contributed by atoms with van der Waals surface area (Å²) in [5.41, 5.74) is 0. The Kier molecular flexibility index (Phi) is 6.04. The predicted molar refractivity (Wildman–Crippen MR) is 70.1 cm³/mol. The molecule has 2 N–H and O–H groups in total. The average Bonchev–Trinajstić information content (AvgIpc) is 2.83. The minimum Gasteiger partial charge on any atom is -0.481 e. The Hall–Kier alpha value is -1.34. The van der Waals surface area contributed by atoms with Crippen molar-refractivity contribution in [2.75, 3.05) is 40.8 Å². The van der Waals surface area contributed by atoms with E-state index in [0.717, 1.165) is 13.0 Å². The second-order valence-corrected chi connectivity index (χ2v) is 4.99. The Balaban J connectivity index is 2.33. The quantitative estimate of drug-likeness (QED) is 0.701. The smallest absolute Gasteiger partial charge is 0.317 e. The molecule has 0 radical (unpaired) electrons. The number of hydrogen-bond donors (Lipinski definition) is 2. The van der Waals surface area contributed by atoms with E-state index < -0.39 is 12.1 Å². The molecular formula is C12H23N3O4. The van der Waals surface area contributed by atoms with Gasteiger partial charge in [0, 0.05) is 32.8 Å². The molecule has 2 amide bonds. The molecule has 0 aliphatic carbocycles. The number of ether oxygens (including phenoxy) is 1. The summed E-state index contributed by atoms with van der Waals surface area (Å²) in [5, 5.41) is 11.4. The van der Waals surface area contributed by atoms with E-state index >= 15 is 0 Å². The van der Waals surface area contributed by atoms with E-state index in [1.807, 2.05) is 14.1 Å². The van der Waals surface area contributed by atoms with Crippen LogP contribution in [0.15, 0.2) is 0 Å². The molecule has 0 saturated carbocycles. The number of amides is 2. The lowest BCUT2D eigenvalue weighted by molar-refractivity contribution is -0.139. The van der Waals surface area contributed by atoms with Crippen molar-refractivity contribution >= 4 is 12.0 Å². The minimum absolute atomic E-state index is 0.114. The summed E-state index contributed by atoms with van der Waals surface area (Å²) in [7, 11) is 5.44. The van der Waals surface area contributed by atoms with Crippen molar-refractivity contribution < 1.29 is 19.4 Å². The number of carbonyl (C=O) groups excluding carboxylic acids is 1. The molecule has 1 heterocycles. The first-order valence-electron chi connectivity index (χ1n) is 6.37. The molecule has 1 aliphatic heterocycles. The maximum absolute atomic E-state index is 11.9. The number of rotatable bonds is 6. The number of carboxylic acid groups (broad SMARTS) is 1. The van der Waals surface area contributed by atoms with Gasteiger partial charge in [-0.1, -0.05) is 0 Å². The van der Waals surface area contributed by atoms with Crippen molar-refractivity contribution in [2.45, 2.75) is 25.0 Å². The fourth-order valence-corrected chi connectivity index (χ4v) is 2.09. The fourth-order valence-electron chi connectivity index (χ4n) is 2.09. The topological polar surface area (TPSA) is 82.1 Å². The Bertz CT molecular complexity index is 322. The van der Waals surface area contributed by atoms with Crippen molar-refractivity contribution in [1.82, 2.24) is 15.1 Å². The van der Waals surface area contributed by atoms with Gasteiger partial charge in [-0.3, -0.25) is 4.79 Å². The van der Waals surface area contributed by atoms with E-state index in [1.54, 1.807) is 4.90 Å². The van der Waals surface area contributed by atoms with E-state index in [0.29, 0.717) is 12.6 Å². The van der Waals surface area contributed by atoms with Crippen LogP contribution in [0.1, 0.15) is 12.8 Å². The Labute approximate surface area is 113 Å².